The zero-order valence-electron chi connectivity index (χ0n) is 9.92. The maximum atomic E-state index is 11.9. The second-order valence-electron chi connectivity index (χ2n) is 4.24. The molecule has 1 aliphatic carbocycles. The summed E-state index contributed by atoms with van der Waals surface area (Å²) in [5.74, 6) is -1.16. The average molecular weight is 250 g/mol. The van der Waals surface area contributed by atoms with Crippen LogP contribution in [0.5, 0.6) is 5.88 Å². The van der Waals surface area contributed by atoms with Crippen LogP contribution < -0.4 is 10.1 Å². The fourth-order valence-corrected chi connectivity index (χ4v) is 1.93. The van der Waals surface area contributed by atoms with Gasteiger partial charge in [-0.05, 0) is 25.0 Å². The summed E-state index contributed by atoms with van der Waals surface area (Å²) in [5.41, 5.74) is 0.360. The van der Waals surface area contributed by atoms with Crippen LogP contribution in [-0.4, -0.2) is 35.1 Å². The van der Waals surface area contributed by atoms with Gasteiger partial charge in [0.2, 0.25) is 5.88 Å². The van der Waals surface area contributed by atoms with Crippen molar-refractivity contribution in [3.63, 3.8) is 0 Å². The average Bonchev–Trinajstić information content (AvgIpc) is 2.32. The Hall–Kier alpha value is -2.11. The van der Waals surface area contributed by atoms with Gasteiger partial charge in [-0.2, -0.15) is 0 Å². The van der Waals surface area contributed by atoms with Gasteiger partial charge in [0.1, 0.15) is 5.56 Å². The topological polar surface area (TPSA) is 88.5 Å². The van der Waals surface area contributed by atoms with Crippen molar-refractivity contribution in [3.05, 3.63) is 23.9 Å². The van der Waals surface area contributed by atoms with Crippen LogP contribution in [0.3, 0.4) is 0 Å². The van der Waals surface area contributed by atoms with Gasteiger partial charge in [-0.1, -0.05) is 0 Å². The summed E-state index contributed by atoms with van der Waals surface area (Å²) in [5, 5.41) is 11.5. The molecule has 1 aromatic rings. The molecular weight excluding hydrogens is 236 g/mol. The van der Waals surface area contributed by atoms with E-state index in [2.05, 4.69) is 10.3 Å². The largest absolute Gasteiger partial charge is 0.481 e. The van der Waals surface area contributed by atoms with Crippen molar-refractivity contribution in [2.45, 2.75) is 18.9 Å². The molecular formula is C12H14N2O4. The van der Waals surface area contributed by atoms with E-state index in [1.54, 1.807) is 18.3 Å². The van der Waals surface area contributed by atoms with Crippen molar-refractivity contribution >= 4 is 11.9 Å². The number of methoxy groups -OCH3 is 1. The third-order valence-electron chi connectivity index (χ3n) is 3.03. The van der Waals surface area contributed by atoms with Gasteiger partial charge in [-0.3, -0.25) is 9.59 Å². The number of amides is 1. The molecule has 0 unspecified atom stereocenters. The van der Waals surface area contributed by atoms with Crippen molar-refractivity contribution in [2.24, 2.45) is 5.92 Å². The molecule has 2 rings (SSSR count). The number of carboxylic acid groups (broad SMARTS) is 1. The number of carbonyl (C=O) groups excluding carboxylic acids is 1. The van der Waals surface area contributed by atoms with Gasteiger partial charge in [0.25, 0.3) is 5.91 Å². The van der Waals surface area contributed by atoms with Crippen molar-refractivity contribution in [3.8, 4) is 5.88 Å². The Morgan fingerprint density at radius 2 is 2.22 bits per heavy atom. The Morgan fingerprint density at radius 3 is 2.83 bits per heavy atom. The summed E-state index contributed by atoms with van der Waals surface area (Å²) < 4.78 is 4.99. The van der Waals surface area contributed by atoms with Crippen LogP contribution in [0.4, 0.5) is 0 Å². The molecule has 0 saturated heterocycles. The van der Waals surface area contributed by atoms with E-state index in [1.165, 1.54) is 7.11 Å². The molecule has 0 bridgehead atoms. The zero-order chi connectivity index (χ0) is 13.1. The number of carbonyl (C=O) groups is 2. The van der Waals surface area contributed by atoms with Gasteiger partial charge in [0, 0.05) is 12.2 Å². The summed E-state index contributed by atoms with van der Waals surface area (Å²) in [4.78, 5) is 26.5. The summed E-state index contributed by atoms with van der Waals surface area (Å²) in [7, 11) is 1.45. The molecule has 6 nitrogen and oxygen atoms in total. The number of nitrogens with zero attached hydrogens (tertiary/aromatic N) is 1. The maximum absolute atomic E-state index is 11.9. The number of ether oxygens (including phenoxy) is 1. The SMILES string of the molecule is COc1ncccc1C(=O)NC1CC(C(=O)O)C1. The number of carboxylic acids is 1. The molecule has 18 heavy (non-hydrogen) atoms. The highest BCUT2D eigenvalue weighted by Gasteiger charge is 2.35. The fourth-order valence-electron chi connectivity index (χ4n) is 1.93. The van der Waals surface area contributed by atoms with Crippen LogP contribution in [0, 0.1) is 5.92 Å². The highest BCUT2D eigenvalue weighted by Crippen LogP contribution is 2.28. The number of pyridine rings is 1. The van der Waals surface area contributed by atoms with Crippen LogP contribution >= 0.6 is 0 Å². The molecule has 1 aromatic heterocycles. The number of aliphatic carboxylic acids is 1. The first-order chi connectivity index (χ1) is 8.61. The predicted molar refractivity (Wildman–Crippen MR) is 62.4 cm³/mol. The van der Waals surface area contributed by atoms with E-state index in [1.807, 2.05) is 0 Å². The molecule has 1 fully saturated rings. The highest BCUT2D eigenvalue weighted by molar-refractivity contribution is 5.96. The number of nitrogens with one attached hydrogen (secondary N) is 1. The van der Waals surface area contributed by atoms with E-state index in [9.17, 15) is 9.59 Å². The lowest BCUT2D eigenvalue weighted by molar-refractivity contribution is -0.145. The molecule has 0 atom stereocenters. The van der Waals surface area contributed by atoms with Gasteiger partial charge in [-0.25, -0.2) is 4.98 Å². The Morgan fingerprint density at radius 1 is 1.50 bits per heavy atom. The quantitative estimate of drug-likeness (QED) is 0.820. The van der Waals surface area contributed by atoms with Crippen molar-refractivity contribution in [1.29, 1.82) is 0 Å². The second-order valence-corrected chi connectivity index (χ2v) is 4.24. The van der Waals surface area contributed by atoms with Crippen molar-refractivity contribution < 1.29 is 19.4 Å². The smallest absolute Gasteiger partial charge is 0.306 e. The highest BCUT2D eigenvalue weighted by atomic mass is 16.5. The minimum absolute atomic E-state index is 0.0801. The van der Waals surface area contributed by atoms with Crippen LogP contribution in [0.1, 0.15) is 23.2 Å². The third kappa shape index (κ3) is 2.42. The first-order valence-electron chi connectivity index (χ1n) is 5.64. The van der Waals surface area contributed by atoms with Crippen LogP contribution in [0.25, 0.3) is 0 Å². The first-order valence-corrected chi connectivity index (χ1v) is 5.64. The molecule has 1 heterocycles. The maximum Gasteiger partial charge on any atom is 0.306 e. The van der Waals surface area contributed by atoms with Crippen LogP contribution in [0.15, 0.2) is 18.3 Å². The Kier molecular flexibility index (Phi) is 3.45. The molecule has 1 aliphatic rings. The standard InChI is InChI=1S/C12H14N2O4/c1-18-11-9(3-2-4-13-11)10(15)14-8-5-7(6-8)12(16)17/h2-4,7-8H,5-6H2,1H3,(H,14,15)(H,16,17). The van der Waals surface area contributed by atoms with Gasteiger partial charge < -0.3 is 15.2 Å². The lowest BCUT2D eigenvalue weighted by Crippen LogP contribution is -2.46. The van der Waals surface area contributed by atoms with Gasteiger partial charge in [-0.15, -0.1) is 0 Å². The molecule has 0 radical (unpaired) electrons. The summed E-state index contributed by atoms with van der Waals surface area (Å²) in [6, 6.07) is 3.19. The van der Waals surface area contributed by atoms with E-state index in [0.717, 1.165) is 0 Å². The van der Waals surface area contributed by atoms with E-state index in [4.69, 9.17) is 9.84 Å². The number of rotatable bonds is 4. The fraction of sp³-hybridized carbons (Fsp3) is 0.417. The molecule has 1 saturated carbocycles. The van der Waals surface area contributed by atoms with Gasteiger partial charge in [0.05, 0.1) is 13.0 Å². The minimum Gasteiger partial charge on any atom is -0.481 e. The third-order valence-corrected chi connectivity index (χ3v) is 3.03. The zero-order valence-corrected chi connectivity index (χ0v) is 9.92. The Bertz CT molecular complexity index is 469. The van der Waals surface area contributed by atoms with Crippen LogP contribution in [-0.2, 0) is 4.79 Å². The number of hydrogen-bond donors (Lipinski definition) is 2. The van der Waals surface area contributed by atoms with E-state index >= 15 is 0 Å². The molecule has 96 valence electrons. The van der Waals surface area contributed by atoms with E-state index in [0.29, 0.717) is 18.4 Å². The summed E-state index contributed by atoms with van der Waals surface area (Å²) >= 11 is 0. The molecule has 6 heteroatoms. The first kappa shape index (κ1) is 12.3. The van der Waals surface area contributed by atoms with E-state index < -0.39 is 5.97 Å². The van der Waals surface area contributed by atoms with Gasteiger partial charge in [0.15, 0.2) is 0 Å². The predicted octanol–water partition coefficient (Wildman–Crippen LogP) is 0.683. The van der Waals surface area contributed by atoms with Crippen LogP contribution in [0.2, 0.25) is 0 Å². The molecule has 2 N–H and O–H groups in total. The Labute approximate surface area is 104 Å². The Balaban J connectivity index is 1.95. The molecule has 0 spiro atoms. The lowest BCUT2D eigenvalue weighted by atomic mass is 9.80. The number of aromatic nitrogens is 1. The lowest BCUT2D eigenvalue weighted by Gasteiger charge is -2.32. The van der Waals surface area contributed by atoms with Crippen molar-refractivity contribution in [2.75, 3.05) is 7.11 Å². The molecule has 0 aliphatic heterocycles. The minimum atomic E-state index is -0.806. The second kappa shape index (κ2) is 5.03. The molecule has 1 amide bonds. The van der Waals surface area contributed by atoms with Crippen molar-refractivity contribution in [1.82, 2.24) is 10.3 Å². The van der Waals surface area contributed by atoms with Gasteiger partial charge >= 0.3 is 5.97 Å². The normalized spacial score (nSPS) is 21.8. The monoisotopic (exact) mass is 250 g/mol. The summed E-state index contributed by atoms with van der Waals surface area (Å²) in [6.07, 6.45) is 2.49. The molecule has 0 aromatic carbocycles. The number of hydrogen-bond acceptors (Lipinski definition) is 4. The summed E-state index contributed by atoms with van der Waals surface area (Å²) in [6.45, 7) is 0. The van der Waals surface area contributed by atoms with E-state index in [-0.39, 0.29) is 23.7 Å².